The first-order chi connectivity index (χ1) is 11.3. The summed E-state index contributed by atoms with van der Waals surface area (Å²) in [5.74, 6) is -0.121. The zero-order chi connectivity index (χ0) is 17.0. The fourth-order valence-corrected chi connectivity index (χ4v) is 2.16. The Morgan fingerprint density at radius 2 is 1.26 bits per heavy atom. The second-order valence-corrected chi connectivity index (χ2v) is 6.06. The Morgan fingerprint density at radius 1 is 0.739 bits per heavy atom. The molecule has 0 amide bonds. The molecule has 0 aromatic rings. The monoisotopic (exact) mass is 396 g/mol. The molecule has 0 rings (SSSR count). The summed E-state index contributed by atoms with van der Waals surface area (Å²) in [4.78, 5) is 11.5. The highest BCUT2D eigenvalue weighted by molar-refractivity contribution is 9.09. The minimum Gasteiger partial charge on any atom is -0.463 e. The number of ether oxygens (including phenoxy) is 4. The van der Waals surface area contributed by atoms with Crippen LogP contribution in [0, 0.1) is 0 Å². The van der Waals surface area contributed by atoms with E-state index in [-0.39, 0.29) is 5.97 Å². The van der Waals surface area contributed by atoms with E-state index < -0.39 is 0 Å². The molecule has 0 heterocycles. The first-order valence-corrected chi connectivity index (χ1v) is 9.88. The fraction of sp³-hybridized carbons (Fsp3) is 0.941. The van der Waals surface area contributed by atoms with Gasteiger partial charge in [0.25, 0.3) is 0 Å². The quantitative estimate of drug-likeness (QED) is 0.200. The number of unbranched alkanes of at least 4 members (excludes halogenated alkanes) is 5. The number of alkyl halides is 1. The van der Waals surface area contributed by atoms with E-state index in [1.165, 1.54) is 25.7 Å². The maximum Gasteiger partial charge on any atom is 0.305 e. The van der Waals surface area contributed by atoms with Gasteiger partial charge in [0.2, 0.25) is 0 Å². The summed E-state index contributed by atoms with van der Waals surface area (Å²) < 4.78 is 21.0. The molecule has 0 saturated carbocycles. The van der Waals surface area contributed by atoms with E-state index in [4.69, 9.17) is 18.9 Å². The summed E-state index contributed by atoms with van der Waals surface area (Å²) in [7, 11) is 0. The second-order valence-electron chi connectivity index (χ2n) is 5.26. The molecule has 0 fully saturated rings. The molecular weight excluding hydrogens is 364 g/mol. The van der Waals surface area contributed by atoms with Crippen molar-refractivity contribution in [3.8, 4) is 0 Å². The van der Waals surface area contributed by atoms with Crippen LogP contribution in [0.2, 0.25) is 0 Å². The molecule has 0 atom stereocenters. The van der Waals surface area contributed by atoms with Gasteiger partial charge in [-0.1, -0.05) is 55.0 Å². The number of carbonyl (C=O) groups is 1. The van der Waals surface area contributed by atoms with Crippen LogP contribution in [0.4, 0.5) is 0 Å². The predicted molar refractivity (Wildman–Crippen MR) is 95.2 cm³/mol. The van der Waals surface area contributed by atoms with Crippen molar-refractivity contribution in [3.63, 3.8) is 0 Å². The summed E-state index contributed by atoms with van der Waals surface area (Å²) in [5.41, 5.74) is 0. The molecule has 0 aromatic heterocycles. The van der Waals surface area contributed by atoms with E-state index in [0.29, 0.717) is 52.7 Å². The van der Waals surface area contributed by atoms with E-state index in [2.05, 4.69) is 22.9 Å². The highest BCUT2D eigenvalue weighted by Crippen LogP contribution is 2.07. The summed E-state index contributed by atoms with van der Waals surface area (Å²) in [5, 5.41) is 0.841. The lowest BCUT2D eigenvalue weighted by atomic mass is 10.1. The van der Waals surface area contributed by atoms with Gasteiger partial charge in [-0.15, -0.1) is 0 Å². The van der Waals surface area contributed by atoms with Gasteiger partial charge in [-0.25, -0.2) is 0 Å². The van der Waals surface area contributed by atoms with Crippen LogP contribution in [-0.4, -0.2) is 57.5 Å². The van der Waals surface area contributed by atoms with Gasteiger partial charge in [0, 0.05) is 11.8 Å². The smallest absolute Gasteiger partial charge is 0.305 e. The van der Waals surface area contributed by atoms with Crippen molar-refractivity contribution in [1.29, 1.82) is 0 Å². The van der Waals surface area contributed by atoms with E-state index in [1.807, 2.05) is 0 Å². The van der Waals surface area contributed by atoms with Gasteiger partial charge in [0.1, 0.15) is 6.61 Å². The maximum absolute atomic E-state index is 11.5. The van der Waals surface area contributed by atoms with Crippen LogP contribution in [0.5, 0.6) is 0 Å². The van der Waals surface area contributed by atoms with Crippen molar-refractivity contribution < 1.29 is 23.7 Å². The Kier molecular flexibility index (Phi) is 19.7. The molecule has 0 bridgehead atoms. The second kappa shape index (κ2) is 19.9. The van der Waals surface area contributed by atoms with Gasteiger partial charge >= 0.3 is 5.97 Å². The van der Waals surface area contributed by atoms with Gasteiger partial charge in [-0.05, 0) is 6.42 Å². The van der Waals surface area contributed by atoms with Gasteiger partial charge < -0.3 is 18.9 Å². The number of esters is 1. The topological polar surface area (TPSA) is 54.0 Å². The van der Waals surface area contributed by atoms with Crippen LogP contribution < -0.4 is 0 Å². The molecular formula is C17H33BrO5. The molecule has 0 aliphatic rings. The molecule has 0 N–H and O–H groups in total. The molecule has 0 aliphatic heterocycles. The molecule has 0 saturated heterocycles. The van der Waals surface area contributed by atoms with Crippen LogP contribution >= 0.6 is 15.9 Å². The number of carbonyl (C=O) groups excluding carboxylic acids is 1. The van der Waals surface area contributed by atoms with E-state index in [9.17, 15) is 4.79 Å². The average Bonchev–Trinajstić information content (AvgIpc) is 2.56. The third-order valence-electron chi connectivity index (χ3n) is 3.19. The highest BCUT2D eigenvalue weighted by Gasteiger charge is 2.02. The van der Waals surface area contributed by atoms with Crippen molar-refractivity contribution >= 4 is 21.9 Å². The van der Waals surface area contributed by atoms with Crippen LogP contribution in [-0.2, 0) is 23.7 Å². The normalized spacial score (nSPS) is 10.9. The van der Waals surface area contributed by atoms with Crippen molar-refractivity contribution in [3.05, 3.63) is 0 Å². The standard InChI is InChI=1S/C17H33BrO5/c1-2-3-4-5-6-7-8-17(19)23-16-15-22-14-13-21-12-11-20-10-9-18/h2-16H2,1H3. The summed E-state index contributed by atoms with van der Waals surface area (Å²) >= 11 is 3.28. The van der Waals surface area contributed by atoms with Crippen molar-refractivity contribution in [1.82, 2.24) is 0 Å². The number of hydrogen-bond donors (Lipinski definition) is 0. The molecule has 0 radical (unpaired) electrons. The van der Waals surface area contributed by atoms with E-state index >= 15 is 0 Å². The summed E-state index contributed by atoms with van der Waals surface area (Å²) in [6.45, 7) is 5.85. The molecule has 0 unspecified atom stereocenters. The first kappa shape index (κ1) is 22.8. The Balaban J connectivity index is 3.11. The number of halogens is 1. The average molecular weight is 397 g/mol. The molecule has 0 aliphatic carbocycles. The first-order valence-electron chi connectivity index (χ1n) is 8.76. The fourth-order valence-electron chi connectivity index (χ4n) is 1.93. The van der Waals surface area contributed by atoms with Crippen LogP contribution in [0.3, 0.4) is 0 Å². The molecule has 6 heteroatoms. The zero-order valence-electron chi connectivity index (χ0n) is 14.5. The highest BCUT2D eigenvalue weighted by atomic mass is 79.9. The Bertz CT molecular complexity index is 251. The number of rotatable bonds is 18. The van der Waals surface area contributed by atoms with Crippen LogP contribution in [0.15, 0.2) is 0 Å². The van der Waals surface area contributed by atoms with E-state index in [0.717, 1.165) is 18.2 Å². The lowest BCUT2D eigenvalue weighted by Gasteiger charge is -2.07. The van der Waals surface area contributed by atoms with Gasteiger partial charge in [-0.2, -0.15) is 0 Å². The zero-order valence-corrected chi connectivity index (χ0v) is 16.1. The Hall–Kier alpha value is -0.170. The SMILES string of the molecule is CCCCCCCCC(=O)OCCOCCOCCOCCBr. The molecule has 138 valence electrons. The third-order valence-corrected chi connectivity index (χ3v) is 3.51. The van der Waals surface area contributed by atoms with Crippen LogP contribution in [0.1, 0.15) is 51.9 Å². The Morgan fingerprint density at radius 3 is 1.87 bits per heavy atom. The van der Waals surface area contributed by atoms with Gasteiger partial charge in [0.15, 0.2) is 0 Å². The van der Waals surface area contributed by atoms with Crippen LogP contribution in [0.25, 0.3) is 0 Å². The van der Waals surface area contributed by atoms with Crippen molar-refractivity contribution in [2.75, 3.05) is 51.6 Å². The third kappa shape index (κ3) is 19.8. The maximum atomic E-state index is 11.5. The molecule has 23 heavy (non-hydrogen) atoms. The van der Waals surface area contributed by atoms with E-state index in [1.54, 1.807) is 0 Å². The molecule has 0 spiro atoms. The van der Waals surface area contributed by atoms with Crippen molar-refractivity contribution in [2.45, 2.75) is 51.9 Å². The summed E-state index contributed by atoms with van der Waals surface area (Å²) in [6, 6.07) is 0. The lowest BCUT2D eigenvalue weighted by molar-refractivity contribution is -0.145. The summed E-state index contributed by atoms with van der Waals surface area (Å²) in [6.07, 6.45) is 7.57. The van der Waals surface area contributed by atoms with Crippen molar-refractivity contribution in [2.24, 2.45) is 0 Å². The minimum absolute atomic E-state index is 0.121. The number of hydrogen-bond acceptors (Lipinski definition) is 5. The predicted octanol–water partition coefficient (Wildman–Crippen LogP) is 3.72. The Labute approximate surface area is 149 Å². The lowest BCUT2D eigenvalue weighted by Crippen LogP contribution is -2.14. The van der Waals surface area contributed by atoms with Gasteiger partial charge in [0.05, 0.1) is 39.6 Å². The van der Waals surface area contributed by atoms with Gasteiger partial charge in [-0.3, -0.25) is 4.79 Å². The molecule has 5 nitrogen and oxygen atoms in total. The molecule has 0 aromatic carbocycles. The minimum atomic E-state index is -0.121. The largest absolute Gasteiger partial charge is 0.463 e.